The van der Waals surface area contributed by atoms with Crippen molar-refractivity contribution in [2.45, 2.75) is 25.5 Å². The fourth-order valence-corrected chi connectivity index (χ4v) is 4.90. The van der Waals surface area contributed by atoms with Crippen molar-refractivity contribution in [3.63, 3.8) is 0 Å². The summed E-state index contributed by atoms with van der Waals surface area (Å²) in [5, 5.41) is 2.77. The molecule has 1 aliphatic heterocycles. The summed E-state index contributed by atoms with van der Waals surface area (Å²) < 4.78 is 32.9. The Morgan fingerprint density at radius 1 is 0.700 bits per heavy atom. The Morgan fingerprint density at radius 2 is 1.26 bits per heavy atom. The molecule has 0 radical (unpaired) electrons. The smallest absolute Gasteiger partial charge is 0.329 e. The summed E-state index contributed by atoms with van der Waals surface area (Å²) in [5.41, 5.74) is 2.49. The summed E-state index contributed by atoms with van der Waals surface area (Å²) >= 11 is 0. The first-order valence-electron chi connectivity index (χ1n) is 16.4. The van der Waals surface area contributed by atoms with Crippen LogP contribution in [0.5, 0.6) is 5.75 Å². The number of hydrogen-bond acceptors (Lipinski definition) is 10. The molecule has 1 heterocycles. The maximum atomic E-state index is 13.0. The van der Waals surface area contributed by atoms with Crippen LogP contribution in [0.4, 0.5) is 0 Å². The molecule has 3 aromatic rings. The molecule has 0 saturated carbocycles. The number of terminal acetylenes is 1. The monoisotopic (exact) mass is 686 g/mol. The van der Waals surface area contributed by atoms with Gasteiger partial charge in [-0.2, -0.15) is 0 Å². The van der Waals surface area contributed by atoms with Gasteiger partial charge in [0.2, 0.25) is 5.91 Å². The predicted octanol–water partition coefficient (Wildman–Crippen LogP) is 3.22. The van der Waals surface area contributed by atoms with Crippen LogP contribution in [-0.2, 0) is 46.3 Å². The minimum Gasteiger partial charge on any atom is -0.481 e. The molecule has 1 N–H and O–H groups in total. The van der Waals surface area contributed by atoms with E-state index >= 15 is 0 Å². The number of carbonyl (C=O) groups excluding carboxylic acids is 4. The number of ether oxygens (including phenoxy) is 6. The number of imide groups is 1. The third-order valence-corrected chi connectivity index (χ3v) is 7.46. The first kappa shape index (κ1) is 37.8. The van der Waals surface area contributed by atoms with Crippen molar-refractivity contribution in [1.29, 1.82) is 0 Å². The second-order valence-corrected chi connectivity index (χ2v) is 11.1. The Balaban J connectivity index is 1.04. The molecule has 0 bridgehead atoms. The van der Waals surface area contributed by atoms with Gasteiger partial charge in [-0.25, -0.2) is 4.79 Å². The fourth-order valence-electron chi connectivity index (χ4n) is 4.90. The van der Waals surface area contributed by atoms with E-state index < -0.39 is 12.0 Å². The van der Waals surface area contributed by atoms with Gasteiger partial charge in [0.15, 0.2) is 0 Å². The third-order valence-electron chi connectivity index (χ3n) is 7.46. The van der Waals surface area contributed by atoms with E-state index in [0.29, 0.717) is 49.9 Å². The predicted molar refractivity (Wildman–Crippen MR) is 182 cm³/mol. The van der Waals surface area contributed by atoms with Crippen LogP contribution in [-0.4, -0.2) is 101 Å². The zero-order chi connectivity index (χ0) is 35.4. The van der Waals surface area contributed by atoms with Crippen LogP contribution >= 0.6 is 0 Å². The van der Waals surface area contributed by atoms with Gasteiger partial charge >= 0.3 is 5.97 Å². The van der Waals surface area contributed by atoms with E-state index in [4.69, 9.17) is 34.8 Å². The SMILES string of the molecule is C#CCOc1ccc(C[C@H](NC(=O)CCOCCOCCOCCOCCN2C(=O)c3ccccc3C2=O)C(=O)OCc2ccccc2)cc1. The number of nitrogens with one attached hydrogen (secondary N) is 1. The Hall–Kier alpha value is -5.06. The molecule has 0 saturated heterocycles. The van der Waals surface area contributed by atoms with Gasteiger partial charge in [-0.15, -0.1) is 6.42 Å². The van der Waals surface area contributed by atoms with Crippen LogP contribution in [0.3, 0.4) is 0 Å². The van der Waals surface area contributed by atoms with Crippen molar-refractivity contribution in [2.24, 2.45) is 0 Å². The Bertz CT molecular complexity index is 1540. The van der Waals surface area contributed by atoms with Gasteiger partial charge in [-0.05, 0) is 35.4 Å². The lowest BCUT2D eigenvalue weighted by Crippen LogP contribution is -2.43. The van der Waals surface area contributed by atoms with Crippen LogP contribution in [0.25, 0.3) is 0 Å². The topological polar surface area (TPSA) is 139 Å². The lowest BCUT2D eigenvalue weighted by molar-refractivity contribution is -0.149. The van der Waals surface area contributed by atoms with Gasteiger partial charge in [0.25, 0.3) is 11.8 Å². The first-order chi connectivity index (χ1) is 24.5. The highest BCUT2D eigenvalue weighted by Crippen LogP contribution is 2.22. The molecular weight excluding hydrogens is 644 g/mol. The third kappa shape index (κ3) is 12.4. The summed E-state index contributed by atoms with van der Waals surface area (Å²) in [5.74, 6) is 1.52. The highest BCUT2D eigenvalue weighted by molar-refractivity contribution is 6.21. The molecule has 12 heteroatoms. The highest BCUT2D eigenvalue weighted by Gasteiger charge is 2.34. The van der Waals surface area contributed by atoms with Crippen molar-refractivity contribution in [1.82, 2.24) is 10.2 Å². The second-order valence-electron chi connectivity index (χ2n) is 11.1. The van der Waals surface area contributed by atoms with Gasteiger partial charge in [0, 0.05) is 12.8 Å². The molecule has 12 nitrogen and oxygen atoms in total. The average molecular weight is 687 g/mol. The molecule has 50 heavy (non-hydrogen) atoms. The van der Waals surface area contributed by atoms with E-state index in [1.807, 2.05) is 42.5 Å². The Labute approximate surface area is 291 Å². The molecule has 0 aromatic heterocycles. The lowest BCUT2D eigenvalue weighted by atomic mass is 10.1. The minimum absolute atomic E-state index is 0.0530. The van der Waals surface area contributed by atoms with Gasteiger partial charge in [0.05, 0.1) is 70.5 Å². The molecule has 3 amide bonds. The van der Waals surface area contributed by atoms with Crippen LogP contribution in [0.1, 0.15) is 38.3 Å². The first-order valence-corrected chi connectivity index (χ1v) is 16.4. The van der Waals surface area contributed by atoms with Crippen LogP contribution < -0.4 is 10.1 Å². The fraction of sp³-hybridized carbons (Fsp3) is 0.368. The summed E-state index contributed by atoms with van der Waals surface area (Å²) in [4.78, 5) is 51.6. The molecule has 0 fully saturated rings. The maximum Gasteiger partial charge on any atom is 0.329 e. The number of rotatable bonds is 23. The molecule has 0 unspecified atom stereocenters. The van der Waals surface area contributed by atoms with E-state index in [9.17, 15) is 19.2 Å². The van der Waals surface area contributed by atoms with Crippen LogP contribution in [0.2, 0.25) is 0 Å². The molecule has 264 valence electrons. The van der Waals surface area contributed by atoms with Crippen LogP contribution in [0.15, 0.2) is 78.9 Å². The second kappa shape index (κ2) is 21.1. The number of hydrogen-bond donors (Lipinski definition) is 1. The molecule has 0 spiro atoms. The molecular formula is C38H42N2O10. The molecule has 0 aliphatic carbocycles. The van der Waals surface area contributed by atoms with Crippen LogP contribution in [0, 0.1) is 12.3 Å². The molecule has 1 aliphatic rings. The highest BCUT2D eigenvalue weighted by atomic mass is 16.6. The van der Waals surface area contributed by atoms with Crippen molar-refractivity contribution < 1.29 is 47.6 Å². The number of esters is 1. The average Bonchev–Trinajstić information content (AvgIpc) is 3.38. The van der Waals surface area contributed by atoms with Crippen molar-refractivity contribution in [3.05, 3.63) is 101 Å². The molecule has 4 rings (SSSR count). The number of nitrogens with zero attached hydrogens (tertiary/aromatic N) is 1. The number of benzene rings is 3. The van der Waals surface area contributed by atoms with Gasteiger partial charge in [-0.3, -0.25) is 19.3 Å². The van der Waals surface area contributed by atoms with E-state index in [2.05, 4.69) is 11.2 Å². The zero-order valence-electron chi connectivity index (χ0n) is 27.9. The van der Waals surface area contributed by atoms with E-state index in [1.165, 1.54) is 4.90 Å². The standard InChI is InChI=1S/C38H42N2O10/c1-2-18-49-31-14-12-29(13-15-31)27-34(38(44)50-28-30-8-4-3-5-9-30)39-35(41)16-19-45-21-23-47-25-26-48-24-22-46-20-17-40-36(42)32-10-6-7-11-33(32)37(40)43/h1,3-15,34H,16-28H2,(H,39,41)/t34-/m0/s1. The summed E-state index contributed by atoms with van der Waals surface area (Å²) in [6.07, 6.45) is 5.52. The van der Waals surface area contributed by atoms with E-state index in [1.54, 1.807) is 36.4 Å². The van der Waals surface area contributed by atoms with Crippen molar-refractivity contribution >= 4 is 23.7 Å². The van der Waals surface area contributed by atoms with E-state index in [0.717, 1.165) is 11.1 Å². The summed E-state index contributed by atoms with van der Waals surface area (Å²) in [6.45, 7) is 2.74. The maximum absolute atomic E-state index is 13.0. The lowest BCUT2D eigenvalue weighted by Gasteiger charge is -2.18. The normalized spacial score (nSPS) is 12.7. The Morgan fingerprint density at radius 3 is 1.86 bits per heavy atom. The summed E-state index contributed by atoms with van der Waals surface area (Å²) in [7, 11) is 0. The minimum atomic E-state index is -0.895. The number of fused-ring (bicyclic) bond motifs is 1. The molecule has 3 aromatic carbocycles. The zero-order valence-corrected chi connectivity index (χ0v) is 27.9. The summed E-state index contributed by atoms with van der Waals surface area (Å²) in [6, 6.07) is 22.3. The number of amides is 3. The number of carbonyl (C=O) groups is 4. The molecule has 1 atom stereocenters. The Kier molecular flexibility index (Phi) is 15.9. The van der Waals surface area contributed by atoms with Crippen molar-refractivity contribution in [2.75, 3.05) is 66.0 Å². The van der Waals surface area contributed by atoms with E-state index in [-0.39, 0.29) is 70.1 Å². The van der Waals surface area contributed by atoms with Gasteiger partial charge < -0.3 is 33.7 Å². The van der Waals surface area contributed by atoms with Crippen molar-refractivity contribution in [3.8, 4) is 18.1 Å². The quantitative estimate of drug-likeness (QED) is 0.0685. The van der Waals surface area contributed by atoms with Gasteiger partial charge in [-0.1, -0.05) is 60.5 Å². The largest absolute Gasteiger partial charge is 0.481 e. The van der Waals surface area contributed by atoms with Gasteiger partial charge in [0.1, 0.15) is 25.0 Å².